The summed E-state index contributed by atoms with van der Waals surface area (Å²) < 4.78 is 15.7. The third-order valence-corrected chi connectivity index (χ3v) is 5.24. The second-order valence-electron chi connectivity index (χ2n) is 4.77. The van der Waals surface area contributed by atoms with Gasteiger partial charge in [0.1, 0.15) is 11.6 Å². The van der Waals surface area contributed by atoms with Crippen molar-refractivity contribution in [2.75, 3.05) is 6.26 Å². The minimum atomic E-state index is -0.251. The third kappa shape index (κ3) is 2.01. The maximum Gasteiger partial charge on any atom is 0.125 e. The van der Waals surface area contributed by atoms with Crippen LogP contribution in [0, 0.1) is 5.82 Å². The van der Waals surface area contributed by atoms with E-state index in [0.717, 1.165) is 17.9 Å². The Labute approximate surface area is 115 Å². The first-order chi connectivity index (χ1) is 8.67. The van der Waals surface area contributed by atoms with Crippen molar-refractivity contribution in [3.05, 3.63) is 29.8 Å². The van der Waals surface area contributed by atoms with Crippen LogP contribution in [0.1, 0.15) is 18.7 Å². The number of fused-ring (bicyclic) bond motifs is 1. The molecule has 0 radical (unpaired) electrons. The van der Waals surface area contributed by atoms with Crippen LogP contribution in [0.2, 0.25) is 0 Å². The summed E-state index contributed by atoms with van der Waals surface area (Å²) in [4.78, 5) is 4.42. The van der Waals surface area contributed by atoms with Crippen molar-refractivity contribution in [2.24, 2.45) is 0 Å². The smallest absolute Gasteiger partial charge is 0.125 e. The predicted molar refractivity (Wildman–Crippen MR) is 74.7 cm³/mol. The molecule has 2 nitrogen and oxygen atoms in total. The first-order valence-electron chi connectivity index (χ1n) is 5.93. The first kappa shape index (κ1) is 12.3. The zero-order valence-corrected chi connectivity index (χ0v) is 11.7. The Balaban J connectivity index is 2.08. The van der Waals surface area contributed by atoms with Gasteiger partial charge < -0.3 is 4.57 Å². The predicted octanol–water partition coefficient (Wildman–Crippen LogP) is 3.81. The summed E-state index contributed by atoms with van der Waals surface area (Å²) in [6.07, 6.45) is 4.61. The van der Waals surface area contributed by atoms with Gasteiger partial charge in [0.25, 0.3) is 0 Å². The van der Waals surface area contributed by atoms with E-state index in [2.05, 4.69) is 15.8 Å². The Morgan fingerprint density at radius 3 is 2.89 bits per heavy atom. The number of aromatic nitrogens is 2. The lowest BCUT2D eigenvalue weighted by Crippen LogP contribution is -2.15. The molecule has 1 saturated carbocycles. The van der Waals surface area contributed by atoms with Crippen LogP contribution in [0.15, 0.2) is 18.2 Å². The van der Waals surface area contributed by atoms with Crippen LogP contribution in [0.5, 0.6) is 0 Å². The van der Waals surface area contributed by atoms with Crippen molar-refractivity contribution < 1.29 is 4.39 Å². The molecule has 1 aliphatic rings. The number of hydrogen-bond acceptors (Lipinski definition) is 2. The number of thioether (sulfide) groups is 1. The lowest BCUT2D eigenvalue weighted by Gasteiger charge is -2.15. The topological polar surface area (TPSA) is 17.8 Å². The highest BCUT2D eigenvalue weighted by atomic mass is 35.5. The van der Waals surface area contributed by atoms with E-state index >= 15 is 0 Å². The lowest BCUT2D eigenvalue weighted by molar-refractivity contribution is 0.628. The van der Waals surface area contributed by atoms with Gasteiger partial charge in [-0.15, -0.1) is 11.6 Å². The molecule has 18 heavy (non-hydrogen) atoms. The van der Waals surface area contributed by atoms with E-state index in [1.54, 1.807) is 6.07 Å². The SMILES string of the molecule is CSC1(Cn2c(CCl)nc3cc(F)ccc32)CC1. The van der Waals surface area contributed by atoms with Crippen LogP contribution < -0.4 is 0 Å². The molecule has 0 atom stereocenters. The van der Waals surface area contributed by atoms with Crippen molar-refractivity contribution in [1.82, 2.24) is 9.55 Å². The molecule has 0 amide bonds. The number of rotatable bonds is 4. The van der Waals surface area contributed by atoms with E-state index in [4.69, 9.17) is 11.6 Å². The largest absolute Gasteiger partial charge is 0.326 e. The van der Waals surface area contributed by atoms with Gasteiger partial charge >= 0.3 is 0 Å². The summed E-state index contributed by atoms with van der Waals surface area (Å²) in [5.74, 6) is 0.942. The van der Waals surface area contributed by atoms with Crippen LogP contribution in [-0.4, -0.2) is 20.6 Å². The Morgan fingerprint density at radius 1 is 1.50 bits per heavy atom. The van der Waals surface area contributed by atoms with Gasteiger partial charge in [-0.1, -0.05) is 0 Å². The van der Waals surface area contributed by atoms with Gasteiger partial charge in [0.2, 0.25) is 0 Å². The summed E-state index contributed by atoms with van der Waals surface area (Å²) in [5, 5.41) is 0. The minimum absolute atomic E-state index is 0.251. The Morgan fingerprint density at radius 2 is 2.28 bits per heavy atom. The van der Waals surface area contributed by atoms with Gasteiger partial charge in [0, 0.05) is 17.4 Å². The Kier molecular flexibility index (Phi) is 3.02. The highest BCUT2D eigenvalue weighted by Crippen LogP contribution is 2.49. The molecule has 1 aliphatic carbocycles. The van der Waals surface area contributed by atoms with Gasteiger partial charge in [0.05, 0.1) is 16.9 Å². The third-order valence-electron chi connectivity index (χ3n) is 3.60. The maximum atomic E-state index is 13.2. The van der Waals surface area contributed by atoms with E-state index in [1.165, 1.54) is 25.0 Å². The molecule has 0 spiro atoms. The standard InChI is InChI=1S/C13H14ClFN2S/c1-18-13(4-5-13)8-17-11-3-2-9(15)6-10(11)16-12(17)7-14/h2-3,6H,4-5,7-8H2,1H3. The Bertz CT molecular complexity index is 592. The van der Waals surface area contributed by atoms with Gasteiger partial charge in [-0.05, 0) is 31.2 Å². The monoisotopic (exact) mass is 284 g/mol. The normalized spacial score (nSPS) is 17.3. The molecule has 0 saturated heterocycles. The molecular weight excluding hydrogens is 271 g/mol. The average Bonchev–Trinajstić information content (AvgIpc) is 3.07. The number of halogens is 2. The molecule has 1 fully saturated rings. The number of hydrogen-bond donors (Lipinski definition) is 0. The maximum absolute atomic E-state index is 13.2. The van der Waals surface area contributed by atoms with Crippen LogP contribution in [-0.2, 0) is 12.4 Å². The van der Waals surface area contributed by atoms with Crippen molar-refractivity contribution >= 4 is 34.4 Å². The molecule has 1 aromatic heterocycles. The molecule has 0 bridgehead atoms. The second kappa shape index (κ2) is 4.42. The number of imidazole rings is 1. The summed E-state index contributed by atoms with van der Waals surface area (Å²) in [6.45, 7) is 0.915. The number of benzene rings is 1. The molecule has 3 rings (SSSR count). The molecular formula is C13H14ClFN2S. The quantitative estimate of drug-likeness (QED) is 0.795. The molecule has 0 unspecified atom stereocenters. The van der Waals surface area contributed by atoms with E-state index in [-0.39, 0.29) is 5.82 Å². The van der Waals surface area contributed by atoms with Crippen molar-refractivity contribution in [2.45, 2.75) is 30.0 Å². The lowest BCUT2D eigenvalue weighted by atomic mass is 10.3. The first-order valence-corrected chi connectivity index (χ1v) is 7.69. The average molecular weight is 285 g/mol. The molecule has 1 heterocycles. The fraction of sp³-hybridized carbons (Fsp3) is 0.462. The molecule has 0 N–H and O–H groups in total. The van der Waals surface area contributed by atoms with Crippen LogP contribution >= 0.6 is 23.4 Å². The van der Waals surface area contributed by atoms with Gasteiger partial charge in [0.15, 0.2) is 0 Å². The van der Waals surface area contributed by atoms with Crippen molar-refractivity contribution in [1.29, 1.82) is 0 Å². The molecule has 96 valence electrons. The van der Waals surface area contributed by atoms with Gasteiger partial charge in [-0.3, -0.25) is 0 Å². The summed E-state index contributed by atoms with van der Waals surface area (Å²) in [5.41, 5.74) is 1.68. The molecule has 5 heteroatoms. The van der Waals surface area contributed by atoms with Crippen LogP contribution in [0.25, 0.3) is 11.0 Å². The highest BCUT2D eigenvalue weighted by molar-refractivity contribution is 8.00. The highest BCUT2D eigenvalue weighted by Gasteiger charge is 2.42. The van der Waals surface area contributed by atoms with Gasteiger partial charge in [-0.25, -0.2) is 9.37 Å². The van der Waals surface area contributed by atoms with Crippen LogP contribution in [0.4, 0.5) is 4.39 Å². The molecule has 2 aromatic rings. The van der Waals surface area contributed by atoms with E-state index in [9.17, 15) is 4.39 Å². The summed E-state index contributed by atoms with van der Waals surface area (Å²) in [7, 11) is 0. The zero-order valence-electron chi connectivity index (χ0n) is 10.1. The van der Waals surface area contributed by atoms with E-state index < -0.39 is 0 Å². The molecule has 1 aromatic carbocycles. The summed E-state index contributed by atoms with van der Waals surface area (Å²) in [6, 6.07) is 4.75. The number of nitrogens with zero attached hydrogens (tertiary/aromatic N) is 2. The minimum Gasteiger partial charge on any atom is -0.326 e. The van der Waals surface area contributed by atoms with Crippen molar-refractivity contribution in [3.63, 3.8) is 0 Å². The van der Waals surface area contributed by atoms with Gasteiger partial charge in [-0.2, -0.15) is 11.8 Å². The molecule has 0 aliphatic heterocycles. The summed E-state index contributed by atoms with van der Waals surface area (Å²) >= 11 is 7.85. The Hall–Kier alpha value is -0.740. The van der Waals surface area contributed by atoms with E-state index in [1.807, 2.05) is 11.8 Å². The fourth-order valence-electron chi connectivity index (χ4n) is 2.29. The zero-order chi connectivity index (χ0) is 12.8. The number of alkyl halides is 1. The second-order valence-corrected chi connectivity index (χ2v) is 6.31. The van der Waals surface area contributed by atoms with E-state index in [0.29, 0.717) is 16.1 Å². The fourth-order valence-corrected chi connectivity index (χ4v) is 3.26. The van der Waals surface area contributed by atoms with Crippen molar-refractivity contribution in [3.8, 4) is 0 Å². The van der Waals surface area contributed by atoms with Crippen LogP contribution in [0.3, 0.4) is 0 Å².